The fourth-order valence-electron chi connectivity index (χ4n) is 1.65. The maximum atomic E-state index is 11.8. The quantitative estimate of drug-likeness (QED) is 0.246. The van der Waals surface area contributed by atoms with Gasteiger partial charge in [-0.05, 0) is 46.9 Å². The number of rotatable bonds is 1. The van der Waals surface area contributed by atoms with Crippen LogP contribution < -0.4 is 16.2 Å². The van der Waals surface area contributed by atoms with Gasteiger partial charge in [-0.15, -0.1) is 0 Å². The molecule has 1 aliphatic rings. The third kappa shape index (κ3) is 7.95. The number of ether oxygens (including phenoxy) is 1. The van der Waals surface area contributed by atoms with Gasteiger partial charge < -0.3 is 16.2 Å². The number of amides is 1. The minimum atomic E-state index is -3.67. The van der Waals surface area contributed by atoms with Crippen molar-refractivity contribution in [1.82, 2.24) is 0 Å². The summed E-state index contributed by atoms with van der Waals surface area (Å²) in [5, 5.41) is 0. The van der Waals surface area contributed by atoms with Crippen molar-refractivity contribution in [3.63, 3.8) is 0 Å². The molecule has 0 radical (unpaired) electrons. The van der Waals surface area contributed by atoms with E-state index in [2.05, 4.69) is 27.6 Å². The number of hydrogen-bond acceptors (Lipinski definition) is 4. The summed E-state index contributed by atoms with van der Waals surface area (Å²) >= 11 is 2.21. The minimum Gasteiger partial charge on any atom is -0.493 e. The number of fused-ring (bicyclic) bond motifs is 1. The predicted molar refractivity (Wildman–Crippen MR) is 95.5 cm³/mol. The highest BCUT2D eigenvalue weighted by molar-refractivity contribution is 14.1. The van der Waals surface area contributed by atoms with Crippen LogP contribution in [0.3, 0.4) is 0 Å². The van der Waals surface area contributed by atoms with E-state index in [0.717, 1.165) is 14.9 Å². The molecule has 0 unspecified atom stereocenters. The van der Waals surface area contributed by atoms with Gasteiger partial charge in [0.05, 0.1) is 12.9 Å². The average Bonchev–Trinajstić information content (AvgIpc) is 2.57. The van der Waals surface area contributed by atoms with Crippen LogP contribution in [0.25, 0.3) is 6.08 Å². The van der Waals surface area contributed by atoms with Crippen LogP contribution in [0.15, 0.2) is 28.8 Å². The second kappa shape index (κ2) is 8.26. The van der Waals surface area contributed by atoms with E-state index in [4.69, 9.17) is 20.8 Å². The molecule has 0 spiro atoms. The van der Waals surface area contributed by atoms with Gasteiger partial charge in [0, 0.05) is 21.1 Å². The molecule has 1 aromatic carbocycles. The third-order valence-corrected chi connectivity index (χ3v) is 3.11. The van der Waals surface area contributed by atoms with Crippen LogP contribution in [0.4, 0.5) is 0 Å². The van der Waals surface area contributed by atoms with Gasteiger partial charge in [-0.25, -0.2) is 0 Å². The highest BCUT2D eigenvalue weighted by atomic mass is 127. The molecule has 0 saturated carbocycles. The standard InChI is InChI=1S/C12H12IN3O2.CH4O3S/c13-9-1-2-10-8(6-9)5-7(3-4-18-10)11(17)16-12(14)15;1-5(2,3)4/h1-2,5-6H,3-4H2,(H4,14,15,16,17);1H3,(H,2,3,4). The van der Waals surface area contributed by atoms with Crippen LogP contribution in [0, 0.1) is 3.57 Å². The van der Waals surface area contributed by atoms with E-state index < -0.39 is 16.0 Å². The van der Waals surface area contributed by atoms with E-state index in [-0.39, 0.29) is 5.96 Å². The number of carbonyl (C=O) groups is 1. The molecule has 8 nitrogen and oxygen atoms in total. The molecule has 0 saturated heterocycles. The lowest BCUT2D eigenvalue weighted by Crippen LogP contribution is -2.24. The number of benzene rings is 1. The lowest BCUT2D eigenvalue weighted by Gasteiger charge is -2.05. The maximum Gasteiger partial charge on any atom is 0.276 e. The third-order valence-electron chi connectivity index (χ3n) is 2.44. The number of nitrogens with zero attached hydrogens (tertiary/aromatic N) is 1. The first-order valence-corrected chi connectivity index (χ1v) is 9.18. The molecule has 1 aromatic rings. The molecule has 0 fully saturated rings. The summed E-state index contributed by atoms with van der Waals surface area (Å²) in [4.78, 5) is 15.3. The Morgan fingerprint density at radius 3 is 2.57 bits per heavy atom. The summed E-state index contributed by atoms with van der Waals surface area (Å²) in [5.41, 5.74) is 11.8. The van der Waals surface area contributed by atoms with Crippen LogP contribution in [0.2, 0.25) is 0 Å². The molecule has 0 aromatic heterocycles. The zero-order valence-corrected chi connectivity index (χ0v) is 15.2. The van der Waals surface area contributed by atoms with Crippen LogP contribution >= 0.6 is 22.6 Å². The van der Waals surface area contributed by atoms with E-state index in [0.29, 0.717) is 24.9 Å². The summed E-state index contributed by atoms with van der Waals surface area (Å²) in [6, 6.07) is 5.79. The zero-order valence-electron chi connectivity index (χ0n) is 12.2. The molecule has 0 atom stereocenters. The Balaban J connectivity index is 0.000000463. The molecule has 0 bridgehead atoms. The molecule has 1 heterocycles. The Bertz CT molecular complexity index is 747. The number of guanidine groups is 1. The smallest absolute Gasteiger partial charge is 0.276 e. The molecule has 0 aliphatic carbocycles. The lowest BCUT2D eigenvalue weighted by molar-refractivity contribution is -0.114. The topological polar surface area (TPSA) is 145 Å². The highest BCUT2D eigenvalue weighted by Crippen LogP contribution is 2.27. The summed E-state index contributed by atoms with van der Waals surface area (Å²) in [5.74, 6) is 0.127. The Kier molecular flexibility index (Phi) is 6.97. The summed E-state index contributed by atoms with van der Waals surface area (Å²) < 4.78 is 32.5. The second-order valence-electron chi connectivity index (χ2n) is 4.53. The molecule has 10 heteroatoms. The fraction of sp³-hybridized carbons (Fsp3) is 0.231. The van der Waals surface area contributed by atoms with E-state index in [1.165, 1.54) is 0 Å². The van der Waals surface area contributed by atoms with Crippen molar-refractivity contribution < 1.29 is 22.5 Å². The highest BCUT2D eigenvalue weighted by Gasteiger charge is 2.15. The van der Waals surface area contributed by atoms with Crippen LogP contribution in [-0.4, -0.2) is 37.7 Å². The largest absolute Gasteiger partial charge is 0.493 e. The minimum absolute atomic E-state index is 0.228. The zero-order chi connectivity index (χ0) is 17.6. The maximum absolute atomic E-state index is 11.8. The second-order valence-corrected chi connectivity index (χ2v) is 7.24. The van der Waals surface area contributed by atoms with E-state index in [1.807, 2.05) is 18.2 Å². The van der Waals surface area contributed by atoms with E-state index in [1.54, 1.807) is 6.08 Å². The van der Waals surface area contributed by atoms with Crippen molar-refractivity contribution in [2.45, 2.75) is 6.42 Å². The van der Waals surface area contributed by atoms with Crippen molar-refractivity contribution in [1.29, 1.82) is 0 Å². The Morgan fingerprint density at radius 1 is 1.39 bits per heavy atom. The molecule has 1 amide bonds. The van der Waals surface area contributed by atoms with Gasteiger partial charge >= 0.3 is 0 Å². The van der Waals surface area contributed by atoms with Gasteiger partial charge in [0.25, 0.3) is 16.0 Å². The predicted octanol–water partition coefficient (Wildman–Crippen LogP) is 0.761. The normalized spacial score (nSPS) is 13.3. The Labute approximate surface area is 147 Å². The molecule has 2 rings (SSSR count). The molecule has 1 aliphatic heterocycles. The fourth-order valence-corrected chi connectivity index (χ4v) is 2.17. The number of halogens is 1. The number of carbonyl (C=O) groups excluding carboxylic acids is 1. The monoisotopic (exact) mass is 453 g/mol. The first kappa shape index (κ1) is 19.4. The van der Waals surface area contributed by atoms with Crippen molar-refractivity contribution in [2.75, 3.05) is 12.9 Å². The van der Waals surface area contributed by atoms with Gasteiger partial charge in [-0.3, -0.25) is 9.35 Å². The summed E-state index contributed by atoms with van der Waals surface area (Å²) in [7, 11) is -3.67. The van der Waals surface area contributed by atoms with Gasteiger partial charge in [-0.2, -0.15) is 13.4 Å². The first-order valence-electron chi connectivity index (χ1n) is 6.25. The SMILES string of the molecule is CS(=O)(=O)O.NC(N)=NC(=O)C1=Cc2cc(I)ccc2OCC1. The average molecular weight is 453 g/mol. The first-order chi connectivity index (χ1) is 10.6. The Morgan fingerprint density at radius 2 is 2.00 bits per heavy atom. The van der Waals surface area contributed by atoms with Gasteiger partial charge in [-0.1, -0.05) is 0 Å². The number of nitrogens with two attached hydrogens (primary N) is 2. The molecular formula is C13H16IN3O5S. The van der Waals surface area contributed by atoms with Gasteiger partial charge in [0.2, 0.25) is 0 Å². The molecule has 23 heavy (non-hydrogen) atoms. The van der Waals surface area contributed by atoms with Gasteiger partial charge in [0.1, 0.15) is 5.75 Å². The van der Waals surface area contributed by atoms with Crippen LogP contribution in [-0.2, 0) is 14.9 Å². The van der Waals surface area contributed by atoms with Crippen LogP contribution in [0.5, 0.6) is 5.75 Å². The number of hydrogen-bond donors (Lipinski definition) is 3. The van der Waals surface area contributed by atoms with Crippen LogP contribution in [0.1, 0.15) is 12.0 Å². The molecule has 126 valence electrons. The Hall–Kier alpha value is -1.66. The van der Waals surface area contributed by atoms with Gasteiger partial charge in [0.15, 0.2) is 5.96 Å². The van der Waals surface area contributed by atoms with Crippen molar-refractivity contribution in [3.8, 4) is 5.75 Å². The summed E-state index contributed by atoms with van der Waals surface area (Å²) in [6.07, 6.45) is 2.98. The van der Waals surface area contributed by atoms with Crippen molar-refractivity contribution >= 4 is 50.7 Å². The van der Waals surface area contributed by atoms with Crippen molar-refractivity contribution in [3.05, 3.63) is 32.9 Å². The van der Waals surface area contributed by atoms with E-state index in [9.17, 15) is 13.2 Å². The summed E-state index contributed by atoms with van der Waals surface area (Å²) in [6.45, 7) is 0.436. The molecular weight excluding hydrogens is 437 g/mol. The van der Waals surface area contributed by atoms with E-state index >= 15 is 0 Å². The molecule has 5 N–H and O–H groups in total. The number of aliphatic imine (C=N–C) groups is 1. The lowest BCUT2D eigenvalue weighted by atomic mass is 10.1. The van der Waals surface area contributed by atoms with Crippen molar-refractivity contribution in [2.24, 2.45) is 16.5 Å².